The van der Waals surface area contributed by atoms with Gasteiger partial charge in [0.05, 0.1) is 20.8 Å². The van der Waals surface area contributed by atoms with Gasteiger partial charge in [-0.1, -0.05) is 18.2 Å². The highest BCUT2D eigenvalue weighted by molar-refractivity contribution is 5.94. The van der Waals surface area contributed by atoms with E-state index in [4.69, 9.17) is 9.47 Å². The lowest BCUT2D eigenvalue weighted by atomic mass is 10.2. The van der Waals surface area contributed by atoms with Gasteiger partial charge in [-0.3, -0.25) is 4.79 Å². The van der Waals surface area contributed by atoms with Gasteiger partial charge in [-0.25, -0.2) is 0 Å². The zero-order valence-electron chi connectivity index (χ0n) is 14.6. The van der Waals surface area contributed by atoms with Crippen LogP contribution >= 0.6 is 0 Å². The molecule has 0 atom stereocenters. The van der Waals surface area contributed by atoms with Gasteiger partial charge in [0.15, 0.2) is 11.5 Å². The highest BCUT2D eigenvalue weighted by Crippen LogP contribution is 2.29. The summed E-state index contributed by atoms with van der Waals surface area (Å²) in [5, 5.41) is 2.91. The lowest BCUT2D eigenvalue weighted by molar-refractivity contribution is -0.115. The van der Waals surface area contributed by atoms with E-state index < -0.39 is 0 Å². The fourth-order valence-corrected chi connectivity index (χ4v) is 2.57. The van der Waals surface area contributed by atoms with Crippen LogP contribution in [0, 0.1) is 6.92 Å². The topological polar surface area (TPSA) is 50.8 Å². The van der Waals surface area contributed by atoms with Crippen molar-refractivity contribution >= 4 is 17.3 Å². The van der Waals surface area contributed by atoms with Gasteiger partial charge >= 0.3 is 0 Å². The summed E-state index contributed by atoms with van der Waals surface area (Å²) in [4.78, 5) is 14.4. The van der Waals surface area contributed by atoms with Crippen molar-refractivity contribution in [2.75, 3.05) is 37.5 Å². The molecule has 0 saturated carbocycles. The van der Waals surface area contributed by atoms with Gasteiger partial charge < -0.3 is 19.7 Å². The molecule has 0 bridgehead atoms. The molecule has 0 heterocycles. The third-order valence-electron chi connectivity index (χ3n) is 3.84. The molecule has 0 radical (unpaired) electrons. The summed E-state index contributed by atoms with van der Waals surface area (Å²) >= 11 is 0. The molecule has 5 heteroatoms. The monoisotopic (exact) mass is 328 g/mol. The number of benzene rings is 2. The number of rotatable bonds is 7. The maximum Gasteiger partial charge on any atom is 0.243 e. The van der Waals surface area contributed by atoms with Gasteiger partial charge in [-0.15, -0.1) is 0 Å². The molecule has 0 fully saturated rings. The number of hydrogen-bond acceptors (Lipinski definition) is 4. The third-order valence-corrected chi connectivity index (χ3v) is 3.84. The number of nitrogens with one attached hydrogen (secondary N) is 1. The zero-order chi connectivity index (χ0) is 17.5. The van der Waals surface area contributed by atoms with Crippen LogP contribution in [0.15, 0.2) is 42.5 Å². The largest absolute Gasteiger partial charge is 0.493 e. The molecule has 2 aromatic rings. The number of likely N-dealkylation sites (N-methyl/N-ethyl adjacent to an activating group) is 1. The Bertz CT molecular complexity index is 701. The second-order valence-electron chi connectivity index (χ2n) is 5.42. The predicted molar refractivity (Wildman–Crippen MR) is 97.2 cm³/mol. The van der Waals surface area contributed by atoms with Crippen molar-refractivity contribution in [1.82, 2.24) is 0 Å². The molecule has 0 saturated heterocycles. The minimum absolute atomic E-state index is 0.0766. The first-order chi connectivity index (χ1) is 11.6. The van der Waals surface area contributed by atoms with Crippen molar-refractivity contribution in [3.63, 3.8) is 0 Å². The Morgan fingerprint density at radius 2 is 1.79 bits per heavy atom. The smallest absolute Gasteiger partial charge is 0.243 e. The van der Waals surface area contributed by atoms with Crippen LogP contribution in [0.2, 0.25) is 0 Å². The van der Waals surface area contributed by atoms with E-state index in [0.29, 0.717) is 17.2 Å². The number of nitrogens with zero attached hydrogens (tertiary/aromatic N) is 1. The van der Waals surface area contributed by atoms with Crippen molar-refractivity contribution in [1.29, 1.82) is 0 Å². The van der Waals surface area contributed by atoms with Crippen LogP contribution in [-0.4, -0.2) is 33.2 Å². The molecule has 2 aromatic carbocycles. The standard InChI is InChI=1S/C19H24N2O3/c1-5-21(16-9-7-6-8-14(16)2)13-19(22)20-15-10-11-17(23-3)18(12-15)24-4/h6-12H,5,13H2,1-4H3,(H,20,22). The predicted octanol–water partition coefficient (Wildman–Crippen LogP) is 3.48. The van der Waals surface area contributed by atoms with E-state index in [-0.39, 0.29) is 12.5 Å². The quantitative estimate of drug-likeness (QED) is 0.845. The molecule has 24 heavy (non-hydrogen) atoms. The zero-order valence-corrected chi connectivity index (χ0v) is 14.6. The van der Waals surface area contributed by atoms with E-state index >= 15 is 0 Å². The summed E-state index contributed by atoms with van der Waals surface area (Å²) in [6, 6.07) is 13.4. The maximum absolute atomic E-state index is 12.4. The summed E-state index contributed by atoms with van der Waals surface area (Å²) in [6.45, 7) is 5.13. The van der Waals surface area contributed by atoms with E-state index in [9.17, 15) is 4.79 Å². The van der Waals surface area contributed by atoms with Gasteiger partial charge in [0, 0.05) is 24.0 Å². The number of anilines is 2. The number of methoxy groups -OCH3 is 2. The minimum Gasteiger partial charge on any atom is -0.493 e. The molecule has 128 valence electrons. The number of para-hydroxylation sites is 1. The Morgan fingerprint density at radius 3 is 2.42 bits per heavy atom. The Labute approximate surface area is 143 Å². The van der Waals surface area contributed by atoms with Gasteiger partial charge in [0.25, 0.3) is 0 Å². The summed E-state index contributed by atoms with van der Waals surface area (Å²) in [5.41, 5.74) is 2.90. The number of carbonyl (C=O) groups is 1. The highest BCUT2D eigenvalue weighted by Gasteiger charge is 2.13. The van der Waals surface area contributed by atoms with Gasteiger partial charge in [0.1, 0.15) is 0 Å². The molecule has 2 rings (SSSR count). The first-order valence-electron chi connectivity index (χ1n) is 7.91. The molecule has 0 aromatic heterocycles. The Balaban J connectivity index is 2.08. The van der Waals surface area contributed by atoms with Crippen molar-refractivity contribution in [3.8, 4) is 11.5 Å². The second kappa shape index (κ2) is 8.24. The molecule has 1 amide bonds. The Hall–Kier alpha value is -2.69. The number of amides is 1. The van der Waals surface area contributed by atoms with Crippen LogP contribution in [0.5, 0.6) is 11.5 Å². The van der Waals surface area contributed by atoms with Gasteiger partial charge in [0.2, 0.25) is 5.91 Å². The van der Waals surface area contributed by atoms with Gasteiger partial charge in [-0.2, -0.15) is 0 Å². The fraction of sp³-hybridized carbons (Fsp3) is 0.316. The van der Waals surface area contributed by atoms with E-state index in [1.165, 1.54) is 0 Å². The average Bonchev–Trinajstić information content (AvgIpc) is 2.60. The summed E-state index contributed by atoms with van der Waals surface area (Å²) < 4.78 is 10.5. The Kier molecular flexibility index (Phi) is 6.07. The fourth-order valence-electron chi connectivity index (χ4n) is 2.57. The maximum atomic E-state index is 12.4. The number of hydrogen-bond donors (Lipinski definition) is 1. The molecular formula is C19H24N2O3. The number of ether oxygens (including phenoxy) is 2. The SMILES string of the molecule is CCN(CC(=O)Nc1ccc(OC)c(OC)c1)c1ccccc1C. The van der Waals surface area contributed by atoms with Crippen LogP contribution in [0.25, 0.3) is 0 Å². The Morgan fingerprint density at radius 1 is 1.08 bits per heavy atom. The number of carbonyl (C=O) groups excluding carboxylic acids is 1. The first kappa shape index (κ1) is 17.7. The van der Waals surface area contributed by atoms with Crippen LogP contribution in [0.4, 0.5) is 11.4 Å². The van der Waals surface area contributed by atoms with Crippen molar-refractivity contribution in [3.05, 3.63) is 48.0 Å². The molecule has 0 aliphatic rings. The summed E-state index contributed by atoms with van der Waals surface area (Å²) in [5.74, 6) is 1.14. The highest BCUT2D eigenvalue weighted by atomic mass is 16.5. The molecular weight excluding hydrogens is 304 g/mol. The van der Waals surface area contributed by atoms with E-state index in [2.05, 4.69) is 5.32 Å². The second-order valence-corrected chi connectivity index (χ2v) is 5.42. The molecule has 1 N–H and O–H groups in total. The normalized spacial score (nSPS) is 10.2. The van der Waals surface area contributed by atoms with Crippen molar-refractivity contribution < 1.29 is 14.3 Å². The van der Waals surface area contributed by atoms with E-state index in [1.54, 1.807) is 32.4 Å². The van der Waals surface area contributed by atoms with Crippen LogP contribution < -0.4 is 19.7 Å². The van der Waals surface area contributed by atoms with Gasteiger partial charge in [-0.05, 0) is 37.6 Å². The van der Waals surface area contributed by atoms with Crippen LogP contribution in [0.1, 0.15) is 12.5 Å². The number of aryl methyl sites for hydroxylation is 1. The van der Waals surface area contributed by atoms with E-state index in [1.807, 2.05) is 43.0 Å². The molecule has 0 aliphatic carbocycles. The van der Waals surface area contributed by atoms with Crippen molar-refractivity contribution in [2.45, 2.75) is 13.8 Å². The van der Waals surface area contributed by atoms with Crippen LogP contribution in [0.3, 0.4) is 0 Å². The first-order valence-corrected chi connectivity index (χ1v) is 7.91. The van der Waals surface area contributed by atoms with Crippen molar-refractivity contribution in [2.24, 2.45) is 0 Å². The third kappa shape index (κ3) is 4.19. The lowest BCUT2D eigenvalue weighted by Crippen LogP contribution is -2.33. The molecule has 0 spiro atoms. The molecule has 0 aliphatic heterocycles. The minimum atomic E-state index is -0.0766. The van der Waals surface area contributed by atoms with Crippen LogP contribution in [-0.2, 0) is 4.79 Å². The molecule has 0 unspecified atom stereocenters. The van der Waals surface area contributed by atoms with E-state index in [0.717, 1.165) is 17.8 Å². The summed E-state index contributed by atoms with van der Waals surface area (Å²) in [6.07, 6.45) is 0. The lowest BCUT2D eigenvalue weighted by Gasteiger charge is -2.24. The average molecular weight is 328 g/mol. The molecule has 5 nitrogen and oxygen atoms in total. The summed E-state index contributed by atoms with van der Waals surface area (Å²) in [7, 11) is 3.15.